The van der Waals surface area contributed by atoms with Crippen molar-refractivity contribution in [3.63, 3.8) is 0 Å². The molecule has 1 aliphatic carbocycles. The maximum Gasteiger partial charge on any atom is 0.00448 e. The lowest BCUT2D eigenvalue weighted by atomic mass is 9.98. The molecule has 0 bridgehead atoms. The second-order valence-corrected chi connectivity index (χ2v) is 3.68. The lowest BCUT2D eigenvalue weighted by Gasteiger charge is -2.08. The van der Waals surface area contributed by atoms with Gasteiger partial charge in [-0.3, -0.25) is 0 Å². The SMILES string of the molecule is NC1CCC(c2ccccc2)C1. The first kappa shape index (κ1) is 7.81. The lowest BCUT2D eigenvalue weighted by Crippen LogP contribution is -2.14. The summed E-state index contributed by atoms with van der Waals surface area (Å²) < 4.78 is 0. The van der Waals surface area contributed by atoms with Crippen LogP contribution in [0.15, 0.2) is 30.3 Å². The Hall–Kier alpha value is -0.820. The molecule has 1 nitrogen and oxygen atoms in total. The summed E-state index contributed by atoms with van der Waals surface area (Å²) in [6.07, 6.45) is 3.63. The first-order valence-corrected chi connectivity index (χ1v) is 4.67. The highest BCUT2D eigenvalue weighted by Crippen LogP contribution is 2.32. The maximum absolute atomic E-state index is 5.86. The van der Waals surface area contributed by atoms with Crippen molar-refractivity contribution in [1.82, 2.24) is 0 Å². The molecule has 2 N–H and O–H groups in total. The van der Waals surface area contributed by atoms with Gasteiger partial charge in [0.2, 0.25) is 0 Å². The predicted molar refractivity (Wildman–Crippen MR) is 51.0 cm³/mol. The van der Waals surface area contributed by atoms with Gasteiger partial charge in [-0.15, -0.1) is 0 Å². The van der Waals surface area contributed by atoms with Crippen LogP contribution in [0.25, 0.3) is 0 Å². The summed E-state index contributed by atoms with van der Waals surface area (Å²) in [5.74, 6) is 0.723. The molecule has 0 aliphatic heterocycles. The molecule has 0 radical (unpaired) electrons. The molecule has 0 heterocycles. The smallest absolute Gasteiger partial charge is 0.00448 e. The molecule has 2 unspecified atom stereocenters. The highest BCUT2D eigenvalue weighted by Gasteiger charge is 2.22. The molecule has 0 saturated heterocycles. The first-order chi connectivity index (χ1) is 5.86. The molecule has 1 aliphatic rings. The van der Waals surface area contributed by atoms with Crippen molar-refractivity contribution in [2.24, 2.45) is 5.73 Å². The van der Waals surface area contributed by atoms with Gasteiger partial charge in [0.15, 0.2) is 0 Å². The Kier molecular flexibility index (Phi) is 2.13. The van der Waals surface area contributed by atoms with Crippen LogP contribution >= 0.6 is 0 Å². The van der Waals surface area contributed by atoms with Crippen molar-refractivity contribution in [3.8, 4) is 0 Å². The third-order valence-corrected chi connectivity index (χ3v) is 2.74. The quantitative estimate of drug-likeness (QED) is 0.672. The topological polar surface area (TPSA) is 26.0 Å². The minimum Gasteiger partial charge on any atom is -0.328 e. The molecule has 2 atom stereocenters. The van der Waals surface area contributed by atoms with Gasteiger partial charge in [0.1, 0.15) is 0 Å². The van der Waals surface area contributed by atoms with E-state index in [0.29, 0.717) is 6.04 Å². The van der Waals surface area contributed by atoms with Crippen LogP contribution in [0.5, 0.6) is 0 Å². The third-order valence-electron chi connectivity index (χ3n) is 2.74. The number of benzene rings is 1. The van der Waals surface area contributed by atoms with Crippen molar-refractivity contribution >= 4 is 0 Å². The zero-order chi connectivity index (χ0) is 8.39. The largest absolute Gasteiger partial charge is 0.328 e. The molecule has 2 rings (SSSR count). The van der Waals surface area contributed by atoms with Crippen molar-refractivity contribution in [1.29, 1.82) is 0 Å². The Balaban J connectivity index is 2.11. The van der Waals surface area contributed by atoms with Crippen molar-refractivity contribution < 1.29 is 0 Å². The fourth-order valence-electron chi connectivity index (χ4n) is 2.04. The molecule has 1 aromatic carbocycles. The molecular formula is C11H15N. The van der Waals surface area contributed by atoms with E-state index in [9.17, 15) is 0 Å². The number of rotatable bonds is 1. The van der Waals surface area contributed by atoms with E-state index >= 15 is 0 Å². The van der Waals surface area contributed by atoms with Crippen LogP contribution in [-0.2, 0) is 0 Å². The van der Waals surface area contributed by atoms with E-state index in [0.717, 1.165) is 5.92 Å². The number of nitrogens with two attached hydrogens (primary N) is 1. The van der Waals surface area contributed by atoms with Gasteiger partial charge in [0.05, 0.1) is 0 Å². The molecule has 0 amide bonds. The summed E-state index contributed by atoms with van der Waals surface area (Å²) in [5.41, 5.74) is 7.33. The van der Waals surface area contributed by atoms with Gasteiger partial charge in [0, 0.05) is 6.04 Å². The van der Waals surface area contributed by atoms with Gasteiger partial charge >= 0.3 is 0 Å². The molecule has 12 heavy (non-hydrogen) atoms. The zero-order valence-corrected chi connectivity index (χ0v) is 7.24. The summed E-state index contributed by atoms with van der Waals surface area (Å²) in [5, 5.41) is 0. The lowest BCUT2D eigenvalue weighted by molar-refractivity contribution is 0.675. The average Bonchev–Trinajstić information content (AvgIpc) is 2.54. The van der Waals surface area contributed by atoms with E-state index in [2.05, 4.69) is 30.3 Å². The normalized spacial score (nSPS) is 29.1. The number of hydrogen-bond donors (Lipinski definition) is 1. The van der Waals surface area contributed by atoms with Crippen LogP contribution in [0, 0.1) is 0 Å². The predicted octanol–water partition coefficient (Wildman–Crippen LogP) is 2.28. The van der Waals surface area contributed by atoms with Crippen LogP contribution in [0.4, 0.5) is 0 Å². The Morgan fingerprint density at radius 2 is 1.83 bits per heavy atom. The molecular weight excluding hydrogens is 146 g/mol. The minimum atomic E-state index is 0.440. The van der Waals surface area contributed by atoms with Crippen molar-refractivity contribution in [2.75, 3.05) is 0 Å². The maximum atomic E-state index is 5.86. The second-order valence-electron chi connectivity index (χ2n) is 3.68. The molecule has 1 saturated carbocycles. The van der Waals surface area contributed by atoms with Crippen LogP contribution in [-0.4, -0.2) is 6.04 Å². The molecule has 64 valence electrons. The third kappa shape index (κ3) is 1.51. The summed E-state index contributed by atoms with van der Waals surface area (Å²) >= 11 is 0. The molecule has 1 heteroatoms. The van der Waals surface area contributed by atoms with Crippen LogP contribution in [0.3, 0.4) is 0 Å². The van der Waals surface area contributed by atoms with Crippen molar-refractivity contribution in [3.05, 3.63) is 35.9 Å². The summed E-state index contributed by atoms with van der Waals surface area (Å²) in [6, 6.07) is 11.2. The van der Waals surface area contributed by atoms with Gasteiger partial charge in [-0.1, -0.05) is 30.3 Å². The first-order valence-electron chi connectivity index (χ1n) is 4.67. The molecule has 0 spiro atoms. The summed E-state index contributed by atoms with van der Waals surface area (Å²) in [7, 11) is 0. The molecule has 0 aromatic heterocycles. The minimum absolute atomic E-state index is 0.440. The van der Waals surface area contributed by atoms with E-state index < -0.39 is 0 Å². The molecule has 1 aromatic rings. The van der Waals surface area contributed by atoms with E-state index in [1.165, 1.54) is 24.8 Å². The Labute approximate surface area is 73.6 Å². The summed E-state index contributed by atoms with van der Waals surface area (Å²) in [4.78, 5) is 0. The van der Waals surface area contributed by atoms with Gasteiger partial charge in [-0.05, 0) is 30.7 Å². The van der Waals surface area contributed by atoms with Gasteiger partial charge in [0.25, 0.3) is 0 Å². The number of hydrogen-bond acceptors (Lipinski definition) is 1. The zero-order valence-electron chi connectivity index (χ0n) is 7.24. The van der Waals surface area contributed by atoms with Crippen LogP contribution < -0.4 is 5.73 Å². The van der Waals surface area contributed by atoms with E-state index in [-0.39, 0.29) is 0 Å². The Morgan fingerprint density at radius 3 is 2.42 bits per heavy atom. The van der Waals surface area contributed by atoms with Gasteiger partial charge in [-0.2, -0.15) is 0 Å². The fraction of sp³-hybridized carbons (Fsp3) is 0.455. The van der Waals surface area contributed by atoms with Crippen LogP contribution in [0.2, 0.25) is 0 Å². The summed E-state index contributed by atoms with van der Waals surface area (Å²) in [6.45, 7) is 0. The standard InChI is InChI=1S/C11H15N/c12-11-7-6-10(8-11)9-4-2-1-3-5-9/h1-5,10-11H,6-8,12H2. The molecule has 1 fully saturated rings. The highest BCUT2D eigenvalue weighted by atomic mass is 14.6. The van der Waals surface area contributed by atoms with E-state index in [1.54, 1.807) is 0 Å². The second kappa shape index (κ2) is 3.28. The van der Waals surface area contributed by atoms with E-state index in [1.807, 2.05) is 0 Å². The van der Waals surface area contributed by atoms with Crippen LogP contribution in [0.1, 0.15) is 30.7 Å². The average molecular weight is 161 g/mol. The Bertz CT molecular complexity index is 242. The van der Waals surface area contributed by atoms with Gasteiger partial charge < -0.3 is 5.73 Å². The monoisotopic (exact) mass is 161 g/mol. The highest BCUT2D eigenvalue weighted by molar-refractivity contribution is 5.20. The fourth-order valence-corrected chi connectivity index (χ4v) is 2.04. The van der Waals surface area contributed by atoms with Gasteiger partial charge in [-0.25, -0.2) is 0 Å². The Morgan fingerprint density at radius 1 is 1.08 bits per heavy atom. The van der Waals surface area contributed by atoms with E-state index in [4.69, 9.17) is 5.73 Å². The van der Waals surface area contributed by atoms with Crippen molar-refractivity contribution in [2.45, 2.75) is 31.2 Å².